The zero-order chi connectivity index (χ0) is 11.7. The topological polar surface area (TPSA) is 56.7 Å². The van der Waals surface area contributed by atoms with Crippen LogP contribution in [0.5, 0.6) is 0 Å². The van der Waals surface area contributed by atoms with Crippen LogP contribution >= 0.6 is 0 Å². The van der Waals surface area contributed by atoms with Crippen LogP contribution in [0.4, 0.5) is 0 Å². The van der Waals surface area contributed by atoms with E-state index in [1.807, 2.05) is 0 Å². The highest BCUT2D eigenvalue weighted by molar-refractivity contribution is 5.13. The van der Waals surface area contributed by atoms with Gasteiger partial charge in [0.15, 0.2) is 0 Å². The molecule has 1 aromatic heterocycles. The molecule has 0 aliphatic heterocycles. The lowest BCUT2D eigenvalue weighted by Crippen LogP contribution is -2.08. The molecule has 16 heavy (non-hydrogen) atoms. The quantitative estimate of drug-likeness (QED) is 0.828. The SMILES string of the molecule is CC(C)CCc1c(CN)nnn1C1CC1C. The Bertz CT molecular complexity index is 356. The molecule has 0 aromatic carbocycles. The van der Waals surface area contributed by atoms with Crippen molar-refractivity contribution < 1.29 is 0 Å². The molecule has 1 aromatic rings. The molecule has 4 heteroatoms. The molecule has 4 nitrogen and oxygen atoms in total. The van der Waals surface area contributed by atoms with Gasteiger partial charge in [-0.15, -0.1) is 5.10 Å². The van der Waals surface area contributed by atoms with E-state index in [2.05, 4.69) is 35.8 Å². The molecule has 1 heterocycles. The Balaban J connectivity index is 2.14. The number of rotatable bonds is 5. The molecule has 0 radical (unpaired) electrons. The van der Waals surface area contributed by atoms with Crippen LogP contribution < -0.4 is 5.73 Å². The summed E-state index contributed by atoms with van der Waals surface area (Å²) in [6.45, 7) is 7.27. The molecule has 2 rings (SSSR count). The minimum absolute atomic E-state index is 0.508. The third-order valence-electron chi connectivity index (χ3n) is 3.40. The number of nitrogens with zero attached hydrogens (tertiary/aromatic N) is 3. The molecule has 0 spiro atoms. The Kier molecular flexibility index (Phi) is 3.28. The third kappa shape index (κ3) is 2.26. The average Bonchev–Trinajstić information content (AvgIpc) is 2.81. The maximum atomic E-state index is 5.71. The van der Waals surface area contributed by atoms with Gasteiger partial charge in [0.1, 0.15) is 0 Å². The second-order valence-corrected chi connectivity index (χ2v) is 5.34. The molecule has 1 fully saturated rings. The molecule has 2 atom stereocenters. The van der Waals surface area contributed by atoms with Crippen LogP contribution in [-0.4, -0.2) is 15.0 Å². The molecular formula is C12H22N4. The number of hydrogen-bond donors (Lipinski definition) is 1. The van der Waals surface area contributed by atoms with Crippen molar-refractivity contribution in [1.29, 1.82) is 0 Å². The van der Waals surface area contributed by atoms with E-state index in [-0.39, 0.29) is 0 Å². The van der Waals surface area contributed by atoms with Gasteiger partial charge >= 0.3 is 0 Å². The maximum absolute atomic E-state index is 5.71. The summed E-state index contributed by atoms with van der Waals surface area (Å²) in [5, 5.41) is 8.46. The van der Waals surface area contributed by atoms with E-state index in [1.54, 1.807) is 0 Å². The Hall–Kier alpha value is -0.900. The van der Waals surface area contributed by atoms with Crippen LogP contribution in [0, 0.1) is 11.8 Å². The minimum Gasteiger partial charge on any atom is -0.325 e. The summed E-state index contributed by atoms with van der Waals surface area (Å²) >= 11 is 0. The average molecular weight is 222 g/mol. The highest BCUT2D eigenvalue weighted by Gasteiger charge is 2.37. The van der Waals surface area contributed by atoms with Crippen molar-refractivity contribution in [2.24, 2.45) is 17.6 Å². The predicted molar refractivity (Wildman–Crippen MR) is 63.9 cm³/mol. The van der Waals surface area contributed by atoms with Gasteiger partial charge in [0.25, 0.3) is 0 Å². The third-order valence-corrected chi connectivity index (χ3v) is 3.40. The van der Waals surface area contributed by atoms with Gasteiger partial charge in [0, 0.05) is 6.54 Å². The fourth-order valence-electron chi connectivity index (χ4n) is 2.10. The Morgan fingerprint density at radius 1 is 1.50 bits per heavy atom. The number of aromatic nitrogens is 3. The first-order valence-electron chi connectivity index (χ1n) is 6.26. The van der Waals surface area contributed by atoms with Crippen molar-refractivity contribution in [3.05, 3.63) is 11.4 Å². The van der Waals surface area contributed by atoms with Crippen molar-refractivity contribution in [3.8, 4) is 0 Å². The lowest BCUT2D eigenvalue weighted by atomic mass is 10.1. The molecule has 0 saturated heterocycles. The molecule has 2 unspecified atom stereocenters. The molecule has 90 valence electrons. The van der Waals surface area contributed by atoms with E-state index >= 15 is 0 Å². The van der Waals surface area contributed by atoms with Crippen molar-refractivity contribution >= 4 is 0 Å². The summed E-state index contributed by atoms with van der Waals surface area (Å²) in [4.78, 5) is 0. The van der Waals surface area contributed by atoms with E-state index in [9.17, 15) is 0 Å². The van der Waals surface area contributed by atoms with E-state index < -0.39 is 0 Å². The van der Waals surface area contributed by atoms with Crippen LogP contribution in [0.3, 0.4) is 0 Å². The van der Waals surface area contributed by atoms with Crippen LogP contribution in [0.15, 0.2) is 0 Å². The Morgan fingerprint density at radius 2 is 2.19 bits per heavy atom. The second kappa shape index (κ2) is 4.53. The lowest BCUT2D eigenvalue weighted by Gasteiger charge is -2.08. The summed E-state index contributed by atoms with van der Waals surface area (Å²) in [5.74, 6) is 1.47. The van der Waals surface area contributed by atoms with Crippen molar-refractivity contribution in [1.82, 2.24) is 15.0 Å². The second-order valence-electron chi connectivity index (χ2n) is 5.34. The van der Waals surface area contributed by atoms with E-state index in [1.165, 1.54) is 18.5 Å². The molecule has 1 aliphatic carbocycles. The largest absolute Gasteiger partial charge is 0.325 e. The van der Waals surface area contributed by atoms with Crippen molar-refractivity contribution in [2.75, 3.05) is 0 Å². The van der Waals surface area contributed by atoms with Crippen LogP contribution in [-0.2, 0) is 13.0 Å². The normalized spacial score (nSPS) is 24.1. The van der Waals surface area contributed by atoms with Gasteiger partial charge in [-0.25, -0.2) is 4.68 Å². The number of hydrogen-bond acceptors (Lipinski definition) is 3. The lowest BCUT2D eigenvalue weighted by molar-refractivity contribution is 0.521. The number of nitrogens with two attached hydrogens (primary N) is 1. The van der Waals surface area contributed by atoms with E-state index in [0.29, 0.717) is 18.5 Å². The van der Waals surface area contributed by atoms with Gasteiger partial charge in [-0.2, -0.15) is 0 Å². The fraction of sp³-hybridized carbons (Fsp3) is 0.833. The first-order chi connectivity index (χ1) is 7.63. The van der Waals surface area contributed by atoms with Crippen LogP contribution in [0.25, 0.3) is 0 Å². The summed E-state index contributed by atoms with van der Waals surface area (Å²) in [6, 6.07) is 0.579. The molecule has 1 saturated carbocycles. The van der Waals surface area contributed by atoms with E-state index in [4.69, 9.17) is 5.73 Å². The zero-order valence-electron chi connectivity index (χ0n) is 10.5. The molecule has 1 aliphatic rings. The van der Waals surface area contributed by atoms with Crippen molar-refractivity contribution in [3.63, 3.8) is 0 Å². The van der Waals surface area contributed by atoms with Crippen LogP contribution in [0.1, 0.15) is 51.0 Å². The summed E-state index contributed by atoms with van der Waals surface area (Å²) in [6.07, 6.45) is 3.48. The smallest absolute Gasteiger partial charge is 0.0994 e. The van der Waals surface area contributed by atoms with Gasteiger partial charge in [-0.3, -0.25) is 0 Å². The minimum atomic E-state index is 0.508. The maximum Gasteiger partial charge on any atom is 0.0994 e. The molecule has 0 amide bonds. The Morgan fingerprint density at radius 3 is 2.69 bits per heavy atom. The summed E-state index contributed by atoms with van der Waals surface area (Å²) in [7, 11) is 0. The highest BCUT2D eigenvalue weighted by Crippen LogP contribution is 2.43. The standard InChI is InChI=1S/C12H22N4/c1-8(2)4-5-11-10(7-13)14-15-16(11)12-6-9(12)3/h8-9,12H,4-7,13H2,1-3H3. The van der Waals surface area contributed by atoms with Gasteiger partial charge in [-0.05, 0) is 31.1 Å². The summed E-state index contributed by atoms with van der Waals surface area (Å²) in [5.41, 5.74) is 7.96. The first-order valence-corrected chi connectivity index (χ1v) is 6.26. The molecule has 2 N–H and O–H groups in total. The monoisotopic (exact) mass is 222 g/mol. The van der Waals surface area contributed by atoms with Gasteiger partial charge in [-0.1, -0.05) is 26.0 Å². The van der Waals surface area contributed by atoms with Crippen molar-refractivity contribution in [2.45, 2.75) is 52.6 Å². The molecule has 0 bridgehead atoms. The van der Waals surface area contributed by atoms with E-state index in [0.717, 1.165) is 18.0 Å². The fourth-order valence-corrected chi connectivity index (χ4v) is 2.10. The predicted octanol–water partition coefficient (Wildman–Crippen LogP) is 1.91. The van der Waals surface area contributed by atoms with Gasteiger partial charge < -0.3 is 5.73 Å². The van der Waals surface area contributed by atoms with Gasteiger partial charge in [0.05, 0.1) is 17.4 Å². The van der Waals surface area contributed by atoms with Gasteiger partial charge in [0.2, 0.25) is 0 Å². The summed E-state index contributed by atoms with van der Waals surface area (Å²) < 4.78 is 2.12. The highest BCUT2D eigenvalue weighted by atomic mass is 15.5. The molecular weight excluding hydrogens is 200 g/mol. The first kappa shape index (κ1) is 11.6. The Labute approximate surface area is 97.2 Å². The van der Waals surface area contributed by atoms with Crippen LogP contribution in [0.2, 0.25) is 0 Å². The zero-order valence-corrected chi connectivity index (χ0v) is 10.5.